The van der Waals surface area contributed by atoms with Gasteiger partial charge in [-0.25, -0.2) is 0 Å². The number of nitrogens with zero attached hydrogens (tertiary/aromatic N) is 2. The fourth-order valence-corrected chi connectivity index (χ4v) is 3.48. The monoisotopic (exact) mass is 292 g/mol. The second-order valence-electron chi connectivity index (χ2n) is 4.74. The summed E-state index contributed by atoms with van der Waals surface area (Å²) in [4.78, 5) is 4.06. The Balaban J connectivity index is 1.98. The van der Waals surface area contributed by atoms with Crippen LogP contribution in [0.25, 0.3) is 32.5 Å². The number of benzene rings is 1. The van der Waals surface area contributed by atoms with Crippen LogP contribution in [0.4, 0.5) is 5.82 Å². The van der Waals surface area contributed by atoms with Crippen LogP contribution >= 0.6 is 11.3 Å². The van der Waals surface area contributed by atoms with Crippen molar-refractivity contribution in [2.24, 2.45) is 0 Å². The van der Waals surface area contributed by atoms with E-state index < -0.39 is 0 Å². The molecule has 5 heteroatoms. The summed E-state index contributed by atoms with van der Waals surface area (Å²) in [7, 11) is 0. The molecule has 1 aromatic carbocycles. The van der Waals surface area contributed by atoms with Crippen LogP contribution in [0.15, 0.2) is 54.2 Å². The average Bonchev–Trinajstić information content (AvgIpc) is 3.11. The van der Waals surface area contributed by atoms with E-state index in [2.05, 4.69) is 32.7 Å². The highest BCUT2D eigenvalue weighted by Gasteiger charge is 2.17. The number of nitrogens with one attached hydrogen (secondary N) is 1. The SMILES string of the molecule is Nc1n[nH]c(-c2csc3ccccc23)c1-c1ccncc1. The van der Waals surface area contributed by atoms with Crippen molar-refractivity contribution in [3.8, 4) is 22.4 Å². The van der Waals surface area contributed by atoms with E-state index in [0.717, 1.165) is 22.4 Å². The van der Waals surface area contributed by atoms with E-state index in [9.17, 15) is 0 Å². The van der Waals surface area contributed by atoms with Gasteiger partial charge in [0.1, 0.15) is 0 Å². The molecule has 0 aliphatic rings. The van der Waals surface area contributed by atoms with Crippen LogP contribution < -0.4 is 5.73 Å². The Morgan fingerprint density at radius 3 is 2.71 bits per heavy atom. The van der Waals surface area contributed by atoms with Crippen LogP contribution in [0.5, 0.6) is 0 Å². The molecular weight excluding hydrogens is 280 g/mol. The summed E-state index contributed by atoms with van der Waals surface area (Å²) in [5.74, 6) is 0.506. The molecule has 3 N–H and O–H groups in total. The van der Waals surface area contributed by atoms with E-state index in [1.807, 2.05) is 24.3 Å². The zero-order valence-electron chi connectivity index (χ0n) is 11.1. The van der Waals surface area contributed by atoms with Gasteiger partial charge in [-0.3, -0.25) is 10.1 Å². The van der Waals surface area contributed by atoms with Crippen LogP contribution in [0.1, 0.15) is 0 Å². The van der Waals surface area contributed by atoms with Crippen LogP contribution in [0.3, 0.4) is 0 Å². The van der Waals surface area contributed by atoms with Gasteiger partial charge in [0.25, 0.3) is 0 Å². The molecule has 0 aliphatic heterocycles. The summed E-state index contributed by atoms with van der Waals surface area (Å²) in [6, 6.07) is 12.2. The second-order valence-corrected chi connectivity index (χ2v) is 5.65. The zero-order chi connectivity index (χ0) is 14.2. The van der Waals surface area contributed by atoms with Crippen LogP contribution in [0.2, 0.25) is 0 Å². The lowest BCUT2D eigenvalue weighted by atomic mass is 10.0. The maximum absolute atomic E-state index is 6.06. The minimum absolute atomic E-state index is 0.506. The van der Waals surface area contributed by atoms with Crippen molar-refractivity contribution in [3.05, 3.63) is 54.2 Å². The molecule has 0 amide bonds. The first-order chi connectivity index (χ1) is 10.3. The number of aromatic nitrogens is 3. The number of hydrogen-bond acceptors (Lipinski definition) is 4. The quantitative estimate of drug-likeness (QED) is 0.588. The Labute approximate surface area is 125 Å². The first kappa shape index (κ1) is 12.1. The Hall–Kier alpha value is -2.66. The Morgan fingerprint density at radius 1 is 1.05 bits per heavy atom. The number of rotatable bonds is 2. The summed E-state index contributed by atoms with van der Waals surface area (Å²) in [6.07, 6.45) is 3.52. The van der Waals surface area contributed by atoms with Gasteiger partial charge in [-0.05, 0) is 23.8 Å². The number of thiophene rings is 1. The van der Waals surface area contributed by atoms with Crippen LogP contribution in [-0.4, -0.2) is 15.2 Å². The summed E-state index contributed by atoms with van der Waals surface area (Å²) >= 11 is 1.72. The van der Waals surface area contributed by atoms with E-state index >= 15 is 0 Å². The number of fused-ring (bicyclic) bond motifs is 1. The number of anilines is 1. The summed E-state index contributed by atoms with van der Waals surface area (Å²) < 4.78 is 1.25. The predicted octanol–water partition coefficient (Wildman–Crippen LogP) is 3.94. The van der Waals surface area contributed by atoms with Crippen molar-refractivity contribution in [2.45, 2.75) is 0 Å². The molecule has 4 aromatic rings. The van der Waals surface area contributed by atoms with Gasteiger partial charge in [-0.15, -0.1) is 11.3 Å². The molecule has 0 fully saturated rings. The number of aromatic amines is 1. The smallest absolute Gasteiger partial charge is 0.153 e. The topological polar surface area (TPSA) is 67.6 Å². The molecule has 3 aromatic heterocycles. The molecule has 0 aliphatic carbocycles. The number of nitrogens with two attached hydrogens (primary N) is 1. The summed E-state index contributed by atoms with van der Waals surface area (Å²) in [5, 5.41) is 10.6. The molecule has 4 nitrogen and oxygen atoms in total. The zero-order valence-corrected chi connectivity index (χ0v) is 11.9. The third kappa shape index (κ3) is 1.90. The molecule has 0 bridgehead atoms. The fraction of sp³-hybridized carbons (Fsp3) is 0. The molecule has 0 atom stereocenters. The highest BCUT2D eigenvalue weighted by Crippen LogP contribution is 2.39. The van der Waals surface area contributed by atoms with Crippen molar-refractivity contribution in [2.75, 3.05) is 5.73 Å². The normalized spacial score (nSPS) is 11.0. The molecule has 3 heterocycles. The van der Waals surface area contributed by atoms with Gasteiger partial charge in [0.15, 0.2) is 5.82 Å². The maximum atomic E-state index is 6.06. The minimum atomic E-state index is 0.506. The Morgan fingerprint density at radius 2 is 1.86 bits per heavy atom. The van der Waals surface area contributed by atoms with Gasteiger partial charge in [-0.1, -0.05) is 18.2 Å². The largest absolute Gasteiger partial charge is 0.382 e. The van der Waals surface area contributed by atoms with Crippen molar-refractivity contribution in [1.29, 1.82) is 0 Å². The molecule has 102 valence electrons. The van der Waals surface area contributed by atoms with Gasteiger partial charge < -0.3 is 5.73 Å². The molecule has 0 saturated heterocycles. The van der Waals surface area contributed by atoms with E-state index in [-0.39, 0.29) is 0 Å². The first-order valence-electron chi connectivity index (χ1n) is 6.55. The van der Waals surface area contributed by atoms with Gasteiger partial charge in [0, 0.05) is 33.4 Å². The van der Waals surface area contributed by atoms with Gasteiger partial charge in [0.2, 0.25) is 0 Å². The van der Waals surface area contributed by atoms with Gasteiger partial charge >= 0.3 is 0 Å². The van der Waals surface area contributed by atoms with Gasteiger partial charge in [-0.2, -0.15) is 5.10 Å². The maximum Gasteiger partial charge on any atom is 0.153 e. The van der Waals surface area contributed by atoms with Crippen LogP contribution in [-0.2, 0) is 0 Å². The van der Waals surface area contributed by atoms with Crippen molar-refractivity contribution in [1.82, 2.24) is 15.2 Å². The van der Waals surface area contributed by atoms with E-state index in [1.165, 1.54) is 10.1 Å². The fourth-order valence-electron chi connectivity index (χ4n) is 2.53. The van der Waals surface area contributed by atoms with Crippen molar-refractivity contribution in [3.63, 3.8) is 0 Å². The average molecular weight is 292 g/mol. The molecule has 0 radical (unpaired) electrons. The molecular formula is C16H12N4S. The predicted molar refractivity (Wildman–Crippen MR) is 87.1 cm³/mol. The number of pyridine rings is 1. The highest BCUT2D eigenvalue weighted by atomic mass is 32.1. The number of H-pyrrole nitrogens is 1. The van der Waals surface area contributed by atoms with Crippen molar-refractivity contribution < 1.29 is 0 Å². The number of hydrogen-bond donors (Lipinski definition) is 2. The molecule has 0 unspecified atom stereocenters. The summed E-state index contributed by atoms with van der Waals surface area (Å²) in [6.45, 7) is 0. The third-order valence-electron chi connectivity index (χ3n) is 3.51. The lowest BCUT2D eigenvalue weighted by Gasteiger charge is -2.03. The molecule has 0 spiro atoms. The number of nitrogen functional groups attached to an aromatic ring is 1. The van der Waals surface area contributed by atoms with Crippen LogP contribution in [0, 0.1) is 0 Å². The van der Waals surface area contributed by atoms with E-state index in [0.29, 0.717) is 5.82 Å². The van der Waals surface area contributed by atoms with E-state index in [1.54, 1.807) is 23.7 Å². The molecule has 0 saturated carbocycles. The first-order valence-corrected chi connectivity index (χ1v) is 7.43. The Kier molecular flexibility index (Phi) is 2.72. The third-order valence-corrected chi connectivity index (χ3v) is 4.48. The lowest BCUT2D eigenvalue weighted by molar-refractivity contribution is 1.10. The van der Waals surface area contributed by atoms with Gasteiger partial charge in [0.05, 0.1) is 11.3 Å². The summed E-state index contributed by atoms with van der Waals surface area (Å²) in [5.41, 5.74) is 10.1. The molecule has 21 heavy (non-hydrogen) atoms. The molecule has 4 rings (SSSR count). The van der Waals surface area contributed by atoms with Crippen molar-refractivity contribution >= 4 is 27.2 Å². The standard InChI is InChI=1S/C16H12N4S/c17-16-14(10-5-7-18-8-6-10)15(19-20-16)12-9-21-13-4-2-1-3-11(12)13/h1-9H,(H3,17,19,20). The van der Waals surface area contributed by atoms with E-state index in [4.69, 9.17) is 5.73 Å². The minimum Gasteiger partial charge on any atom is -0.382 e. The highest BCUT2D eigenvalue weighted by molar-refractivity contribution is 7.17. The Bertz CT molecular complexity index is 908. The second kappa shape index (κ2) is 4.71. The lowest BCUT2D eigenvalue weighted by Crippen LogP contribution is -1.88.